The number of fused-ring (bicyclic) bond motifs is 2. The fraction of sp³-hybridized carbons (Fsp3) is 0.273. The quantitative estimate of drug-likeness (QED) is 0.561. The van der Waals surface area contributed by atoms with Gasteiger partial charge in [-0.2, -0.15) is 10.1 Å². The molecule has 2 amide bonds. The van der Waals surface area contributed by atoms with Crippen molar-refractivity contribution in [2.75, 3.05) is 11.7 Å². The Hall–Kier alpha value is -4.28. The van der Waals surface area contributed by atoms with E-state index in [0.29, 0.717) is 28.6 Å². The molecule has 3 aliphatic rings. The maximum atomic E-state index is 13.2. The predicted octanol–water partition coefficient (Wildman–Crippen LogP) is 2.58. The van der Waals surface area contributed by atoms with Crippen molar-refractivity contribution < 1.29 is 23.6 Å². The molecule has 0 aliphatic carbocycles. The number of aromatic nitrogens is 2. The zero-order valence-electron chi connectivity index (χ0n) is 17.8. The summed E-state index contributed by atoms with van der Waals surface area (Å²) in [6.07, 6.45) is 0. The van der Waals surface area contributed by atoms with Crippen LogP contribution in [0.2, 0.25) is 0 Å². The number of anilines is 1. The summed E-state index contributed by atoms with van der Waals surface area (Å²) in [5, 5.41) is 13.5. The third-order valence-electron chi connectivity index (χ3n) is 6.00. The van der Waals surface area contributed by atoms with Crippen molar-refractivity contribution in [2.24, 2.45) is 10.3 Å². The van der Waals surface area contributed by atoms with Crippen LogP contribution in [0.1, 0.15) is 17.0 Å². The van der Waals surface area contributed by atoms with Crippen molar-refractivity contribution >= 4 is 17.5 Å². The van der Waals surface area contributed by atoms with Crippen molar-refractivity contribution in [1.29, 1.82) is 0 Å². The molecule has 4 heterocycles. The van der Waals surface area contributed by atoms with Crippen LogP contribution in [-0.4, -0.2) is 45.8 Å². The minimum atomic E-state index is -0.893. The van der Waals surface area contributed by atoms with E-state index in [1.165, 1.54) is 9.91 Å². The van der Waals surface area contributed by atoms with Crippen LogP contribution in [-0.2, 0) is 16.1 Å². The Morgan fingerprint density at radius 1 is 1.00 bits per heavy atom. The molecule has 0 unspecified atom stereocenters. The fourth-order valence-corrected chi connectivity index (χ4v) is 4.08. The summed E-state index contributed by atoms with van der Waals surface area (Å²) in [5.41, 5.74) is 3.29. The lowest BCUT2D eigenvalue weighted by atomic mass is 10.1. The molecule has 6 rings (SSSR count). The molecule has 11 heteroatoms. The van der Waals surface area contributed by atoms with Crippen molar-refractivity contribution in [3.63, 3.8) is 0 Å². The highest BCUT2D eigenvalue weighted by molar-refractivity contribution is 6.25. The number of amides is 2. The molecule has 1 aromatic heterocycles. The van der Waals surface area contributed by atoms with Crippen LogP contribution < -0.4 is 14.4 Å². The Kier molecular flexibility index (Phi) is 4.19. The molecule has 166 valence electrons. The van der Waals surface area contributed by atoms with E-state index in [1.54, 1.807) is 24.3 Å². The van der Waals surface area contributed by atoms with E-state index in [-0.39, 0.29) is 25.1 Å². The molecule has 3 aromatic rings. The lowest BCUT2D eigenvalue weighted by molar-refractivity contribution is -0.123. The number of carbonyl (C=O) groups excluding carboxylic acids is 2. The highest BCUT2D eigenvalue weighted by Crippen LogP contribution is 2.36. The van der Waals surface area contributed by atoms with E-state index in [0.717, 1.165) is 11.1 Å². The molecule has 0 radical (unpaired) electrons. The highest BCUT2D eigenvalue weighted by Gasteiger charge is 2.55. The van der Waals surface area contributed by atoms with Gasteiger partial charge in [0.15, 0.2) is 23.6 Å². The summed E-state index contributed by atoms with van der Waals surface area (Å²) in [6.45, 7) is 4.12. The van der Waals surface area contributed by atoms with E-state index in [9.17, 15) is 9.59 Å². The second-order valence-electron chi connectivity index (χ2n) is 8.05. The van der Waals surface area contributed by atoms with Gasteiger partial charge in [0.25, 0.3) is 11.8 Å². The molecular weight excluding hydrogens is 428 g/mol. The first-order valence-electron chi connectivity index (χ1n) is 10.3. The molecule has 0 bridgehead atoms. The maximum Gasteiger partial charge on any atom is 0.263 e. The standard InChI is InChI=1S/C22H18N6O5/c1-11-3-5-14(7-12(11)2)28-21(29)18-19(22(28)30)27(26-24-18)9-17-23-20(25-33-17)13-4-6-15-16(8-13)32-10-31-15/h3-8,18-19H,9-10H2,1-2H3/t18-,19-/m0/s1. The summed E-state index contributed by atoms with van der Waals surface area (Å²) in [7, 11) is 0. The number of aryl methyl sites for hydroxylation is 2. The Balaban J connectivity index is 1.22. The van der Waals surface area contributed by atoms with Crippen LogP contribution in [0, 0.1) is 13.8 Å². The van der Waals surface area contributed by atoms with Gasteiger partial charge >= 0.3 is 0 Å². The topological polar surface area (TPSA) is 123 Å². The van der Waals surface area contributed by atoms with E-state index >= 15 is 0 Å². The SMILES string of the molecule is Cc1ccc(N2C(=O)[C@H]3N=NN(Cc4nc(-c5ccc6c(c5)OCO6)no4)[C@@H]3C2=O)cc1C. The number of rotatable bonds is 4. The van der Waals surface area contributed by atoms with Crippen LogP contribution in [0.4, 0.5) is 5.69 Å². The van der Waals surface area contributed by atoms with Crippen LogP contribution in [0.25, 0.3) is 11.4 Å². The van der Waals surface area contributed by atoms with E-state index in [1.807, 2.05) is 26.0 Å². The molecule has 2 atom stereocenters. The Morgan fingerprint density at radius 2 is 1.85 bits per heavy atom. The molecule has 3 aliphatic heterocycles. The van der Waals surface area contributed by atoms with Gasteiger partial charge in [-0.25, -0.2) is 4.90 Å². The van der Waals surface area contributed by atoms with Gasteiger partial charge in [-0.1, -0.05) is 16.4 Å². The van der Waals surface area contributed by atoms with Gasteiger partial charge in [-0.05, 0) is 55.3 Å². The van der Waals surface area contributed by atoms with Gasteiger partial charge in [-0.15, -0.1) is 0 Å². The third-order valence-corrected chi connectivity index (χ3v) is 6.00. The third kappa shape index (κ3) is 3.04. The first-order valence-corrected chi connectivity index (χ1v) is 10.3. The summed E-state index contributed by atoms with van der Waals surface area (Å²) in [5.74, 6) is 1.09. The largest absolute Gasteiger partial charge is 0.454 e. The minimum absolute atomic E-state index is 0.0437. The molecular formula is C22H18N6O5. The van der Waals surface area contributed by atoms with Crippen molar-refractivity contribution in [3.8, 4) is 22.9 Å². The minimum Gasteiger partial charge on any atom is -0.454 e. The number of hydrogen-bond acceptors (Lipinski definition) is 10. The Labute approximate surface area is 187 Å². The smallest absolute Gasteiger partial charge is 0.263 e. The lowest BCUT2D eigenvalue weighted by Gasteiger charge is -2.19. The average Bonchev–Trinajstić information content (AvgIpc) is 3.57. The number of ether oxygens (including phenoxy) is 2. The van der Waals surface area contributed by atoms with Gasteiger partial charge in [-0.3, -0.25) is 14.6 Å². The molecule has 0 saturated carbocycles. The fourth-order valence-electron chi connectivity index (χ4n) is 4.08. The van der Waals surface area contributed by atoms with Gasteiger partial charge < -0.3 is 14.0 Å². The van der Waals surface area contributed by atoms with Crippen LogP contribution in [0.3, 0.4) is 0 Å². The molecule has 2 aromatic carbocycles. The molecule has 33 heavy (non-hydrogen) atoms. The molecule has 0 spiro atoms. The zero-order chi connectivity index (χ0) is 22.7. The van der Waals surface area contributed by atoms with Crippen LogP contribution in [0.15, 0.2) is 51.3 Å². The lowest BCUT2D eigenvalue weighted by Crippen LogP contribution is -2.39. The van der Waals surface area contributed by atoms with E-state index in [4.69, 9.17) is 14.0 Å². The van der Waals surface area contributed by atoms with Gasteiger partial charge in [0, 0.05) is 5.56 Å². The first kappa shape index (κ1) is 19.4. The van der Waals surface area contributed by atoms with Crippen molar-refractivity contribution in [3.05, 3.63) is 53.4 Å². The second-order valence-corrected chi connectivity index (χ2v) is 8.05. The maximum absolute atomic E-state index is 13.2. The molecule has 1 fully saturated rings. The number of imide groups is 1. The van der Waals surface area contributed by atoms with E-state index < -0.39 is 18.0 Å². The second kappa shape index (κ2) is 7.12. The van der Waals surface area contributed by atoms with Crippen molar-refractivity contribution in [2.45, 2.75) is 32.5 Å². The van der Waals surface area contributed by atoms with Crippen LogP contribution in [0.5, 0.6) is 11.5 Å². The summed E-state index contributed by atoms with van der Waals surface area (Å²) < 4.78 is 16.1. The number of benzene rings is 2. The van der Waals surface area contributed by atoms with Gasteiger partial charge in [0.05, 0.1) is 5.69 Å². The molecule has 0 N–H and O–H groups in total. The summed E-state index contributed by atoms with van der Waals surface area (Å²) in [4.78, 5) is 31.7. The van der Waals surface area contributed by atoms with Gasteiger partial charge in [0.1, 0.15) is 6.54 Å². The predicted molar refractivity (Wildman–Crippen MR) is 112 cm³/mol. The zero-order valence-corrected chi connectivity index (χ0v) is 17.8. The monoisotopic (exact) mass is 446 g/mol. The number of carbonyl (C=O) groups is 2. The molecule has 1 saturated heterocycles. The van der Waals surface area contributed by atoms with Gasteiger partial charge in [0.2, 0.25) is 18.5 Å². The highest BCUT2D eigenvalue weighted by atomic mass is 16.7. The normalized spacial score (nSPS) is 20.8. The summed E-state index contributed by atoms with van der Waals surface area (Å²) in [6, 6.07) is 9.07. The number of nitrogens with zero attached hydrogens (tertiary/aromatic N) is 6. The Morgan fingerprint density at radius 3 is 2.70 bits per heavy atom. The summed E-state index contributed by atoms with van der Waals surface area (Å²) >= 11 is 0. The average molecular weight is 446 g/mol. The number of hydrogen-bond donors (Lipinski definition) is 0. The van der Waals surface area contributed by atoms with E-state index in [2.05, 4.69) is 20.5 Å². The van der Waals surface area contributed by atoms with Crippen molar-refractivity contribution in [1.82, 2.24) is 15.1 Å². The Bertz CT molecular complexity index is 1330. The first-order chi connectivity index (χ1) is 16.0. The molecule has 11 nitrogen and oxygen atoms in total. The van der Waals surface area contributed by atoms with Crippen LogP contribution >= 0.6 is 0 Å².